The Balaban J connectivity index is 4.35. The van der Waals surface area contributed by atoms with Crippen LogP contribution < -0.4 is 0 Å². The van der Waals surface area contributed by atoms with E-state index in [4.69, 9.17) is 14.2 Å². The highest BCUT2D eigenvalue weighted by Crippen LogP contribution is 2.15. The zero-order chi connectivity index (χ0) is 56.4. The maximum Gasteiger partial charge on any atom is 0.306 e. The van der Waals surface area contributed by atoms with E-state index in [9.17, 15) is 14.4 Å². The van der Waals surface area contributed by atoms with E-state index in [-0.39, 0.29) is 31.1 Å². The fourth-order valence-electron chi connectivity index (χ4n) is 8.80. The van der Waals surface area contributed by atoms with Gasteiger partial charge in [0.1, 0.15) is 13.2 Å². The Morgan fingerprint density at radius 1 is 0.269 bits per heavy atom. The summed E-state index contributed by atoms with van der Waals surface area (Å²) in [5.74, 6) is -0.913. The number of esters is 3. The lowest BCUT2D eigenvalue weighted by atomic mass is 10.1. The van der Waals surface area contributed by atoms with Crippen LogP contribution in [0.5, 0.6) is 0 Å². The van der Waals surface area contributed by atoms with Crippen molar-refractivity contribution < 1.29 is 28.6 Å². The van der Waals surface area contributed by atoms with Crippen molar-refractivity contribution in [3.63, 3.8) is 0 Å². The van der Waals surface area contributed by atoms with E-state index < -0.39 is 6.10 Å². The fourth-order valence-corrected chi connectivity index (χ4v) is 8.80. The number of allylic oxidation sites excluding steroid dienone is 20. The second kappa shape index (κ2) is 65.3. The molecule has 0 heterocycles. The molecule has 0 spiro atoms. The summed E-state index contributed by atoms with van der Waals surface area (Å²) in [6, 6.07) is 0. The molecule has 0 aliphatic rings. The summed E-state index contributed by atoms with van der Waals surface area (Å²) in [4.78, 5) is 38.3. The third kappa shape index (κ3) is 62.7. The van der Waals surface area contributed by atoms with Crippen LogP contribution in [0, 0.1) is 0 Å². The van der Waals surface area contributed by atoms with Gasteiger partial charge in [0.2, 0.25) is 0 Å². The zero-order valence-corrected chi connectivity index (χ0v) is 50.9. The predicted octanol–water partition coefficient (Wildman–Crippen LogP) is 22.4. The summed E-state index contributed by atoms with van der Waals surface area (Å²) in [7, 11) is 0. The van der Waals surface area contributed by atoms with E-state index in [1.807, 2.05) is 0 Å². The first kappa shape index (κ1) is 73.8. The number of ether oxygens (including phenoxy) is 3. The number of carbonyl (C=O) groups excluding carboxylic acids is 3. The van der Waals surface area contributed by atoms with Crippen molar-refractivity contribution >= 4 is 17.9 Å². The second-order valence-electron chi connectivity index (χ2n) is 21.3. The monoisotopic (exact) mass is 1080 g/mol. The van der Waals surface area contributed by atoms with E-state index >= 15 is 0 Å². The molecule has 0 saturated carbocycles. The highest BCUT2D eigenvalue weighted by Gasteiger charge is 2.19. The minimum Gasteiger partial charge on any atom is -0.462 e. The van der Waals surface area contributed by atoms with Gasteiger partial charge in [-0.05, 0) is 135 Å². The average molecular weight is 1080 g/mol. The Bertz CT molecular complexity index is 1620. The van der Waals surface area contributed by atoms with Crippen molar-refractivity contribution in [1.29, 1.82) is 0 Å². The molecule has 0 bridgehead atoms. The van der Waals surface area contributed by atoms with Gasteiger partial charge in [0.25, 0.3) is 0 Å². The Hall–Kier alpha value is -4.19. The lowest BCUT2D eigenvalue weighted by Crippen LogP contribution is -2.30. The summed E-state index contributed by atoms with van der Waals surface area (Å²) in [5, 5.41) is 0. The minimum atomic E-state index is -0.794. The number of rotatable bonds is 58. The van der Waals surface area contributed by atoms with Gasteiger partial charge in [0.05, 0.1) is 0 Å². The zero-order valence-electron chi connectivity index (χ0n) is 50.9. The molecule has 0 radical (unpaired) electrons. The Morgan fingerprint density at radius 3 is 0.795 bits per heavy atom. The van der Waals surface area contributed by atoms with Crippen molar-refractivity contribution in [2.45, 2.75) is 303 Å². The number of hydrogen-bond acceptors (Lipinski definition) is 6. The molecule has 0 aromatic carbocycles. The first-order valence-electron chi connectivity index (χ1n) is 32.5. The molecule has 78 heavy (non-hydrogen) atoms. The van der Waals surface area contributed by atoms with Gasteiger partial charge in [-0.15, -0.1) is 0 Å². The van der Waals surface area contributed by atoms with Crippen LogP contribution >= 0.6 is 0 Å². The van der Waals surface area contributed by atoms with Crippen LogP contribution in [0.3, 0.4) is 0 Å². The van der Waals surface area contributed by atoms with Gasteiger partial charge in [0.15, 0.2) is 6.10 Å². The second-order valence-corrected chi connectivity index (χ2v) is 21.3. The summed E-state index contributed by atoms with van der Waals surface area (Å²) in [6.07, 6.45) is 90.5. The van der Waals surface area contributed by atoms with Crippen LogP contribution in [-0.2, 0) is 28.6 Å². The van der Waals surface area contributed by atoms with Gasteiger partial charge < -0.3 is 14.2 Å². The molecule has 0 aliphatic carbocycles. The van der Waals surface area contributed by atoms with E-state index in [0.29, 0.717) is 19.3 Å². The Kier molecular flexibility index (Phi) is 61.8. The summed E-state index contributed by atoms with van der Waals surface area (Å²) < 4.78 is 16.9. The predicted molar refractivity (Wildman–Crippen MR) is 339 cm³/mol. The van der Waals surface area contributed by atoms with Crippen LogP contribution in [-0.4, -0.2) is 37.2 Å². The molecular weight excluding hydrogens is 961 g/mol. The van der Waals surface area contributed by atoms with Gasteiger partial charge in [-0.25, -0.2) is 0 Å². The Morgan fingerprint density at radius 2 is 0.500 bits per heavy atom. The minimum absolute atomic E-state index is 0.0904. The fraction of sp³-hybridized carbons (Fsp3) is 0.681. The van der Waals surface area contributed by atoms with Crippen molar-refractivity contribution in [1.82, 2.24) is 0 Å². The van der Waals surface area contributed by atoms with E-state index in [0.717, 1.165) is 128 Å². The topological polar surface area (TPSA) is 78.9 Å². The maximum atomic E-state index is 12.9. The molecule has 1 unspecified atom stereocenters. The first-order chi connectivity index (χ1) is 38.5. The molecule has 0 amide bonds. The standard InChI is InChI=1S/C72H120O6/c1-4-7-10-13-16-19-22-25-27-29-31-32-33-34-35-36-37-38-39-40-41-43-44-47-50-53-56-59-62-65-71(74)77-68-69(67-76-70(73)64-61-58-55-52-49-46-24-21-18-15-12-9-6-3)78-72(75)66-63-60-57-54-51-48-45-42-30-28-26-23-20-17-14-11-8-5-2/h7,10,16,19-21,23-25,27-28,30-32,34-35,37-38,40-41,69H,4-6,8-9,11-15,17-18,22,26,29,33,36,39,42-68H2,1-3H3/b10-7-,19-16-,23-20-,24-21-,27-25-,30-28-,32-31-,35-34-,38-37-,41-40-. The van der Waals surface area contributed by atoms with Crippen LogP contribution in [0.4, 0.5) is 0 Å². The van der Waals surface area contributed by atoms with Crippen LogP contribution in [0.25, 0.3) is 0 Å². The lowest BCUT2D eigenvalue weighted by Gasteiger charge is -2.18. The molecule has 6 nitrogen and oxygen atoms in total. The largest absolute Gasteiger partial charge is 0.462 e. The molecule has 0 rings (SSSR count). The van der Waals surface area contributed by atoms with Gasteiger partial charge in [-0.2, -0.15) is 0 Å². The van der Waals surface area contributed by atoms with Crippen molar-refractivity contribution in [2.24, 2.45) is 0 Å². The van der Waals surface area contributed by atoms with Crippen molar-refractivity contribution in [2.75, 3.05) is 13.2 Å². The molecule has 0 aliphatic heterocycles. The SMILES string of the molecule is CC/C=C\C/C=C\C/C=C\C/C=C\C/C=C\C/C=C\C/C=C\CCCCCCCCCC(=O)OCC(COC(=O)CCCCCCC/C=C\CCCCCC)OC(=O)CCCCCCCCC/C=C\C/C=C\CCCCCC. The molecule has 0 aromatic rings. The van der Waals surface area contributed by atoms with E-state index in [1.54, 1.807) is 0 Å². The highest BCUT2D eigenvalue weighted by atomic mass is 16.6. The van der Waals surface area contributed by atoms with Crippen LogP contribution in [0.1, 0.15) is 297 Å². The molecule has 444 valence electrons. The molecule has 1 atom stereocenters. The lowest BCUT2D eigenvalue weighted by molar-refractivity contribution is -0.167. The normalized spacial score (nSPS) is 12.9. The van der Waals surface area contributed by atoms with Crippen LogP contribution in [0.15, 0.2) is 122 Å². The molecular formula is C72H120O6. The number of unbranched alkanes of at least 4 members (excludes halogenated alkanes) is 27. The molecule has 0 saturated heterocycles. The number of hydrogen-bond donors (Lipinski definition) is 0. The quantitative estimate of drug-likeness (QED) is 0.0261. The molecule has 0 N–H and O–H groups in total. The summed E-state index contributed by atoms with van der Waals surface area (Å²) >= 11 is 0. The van der Waals surface area contributed by atoms with Gasteiger partial charge in [-0.3, -0.25) is 14.4 Å². The smallest absolute Gasteiger partial charge is 0.306 e. The van der Waals surface area contributed by atoms with Gasteiger partial charge >= 0.3 is 17.9 Å². The molecule has 0 fully saturated rings. The first-order valence-corrected chi connectivity index (χ1v) is 32.5. The van der Waals surface area contributed by atoms with Crippen molar-refractivity contribution in [3.8, 4) is 0 Å². The average Bonchev–Trinajstić information content (AvgIpc) is 3.44. The maximum absolute atomic E-state index is 12.9. The van der Waals surface area contributed by atoms with Crippen molar-refractivity contribution in [3.05, 3.63) is 122 Å². The third-order valence-corrected chi connectivity index (χ3v) is 13.7. The molecule has 6 heteroatoms. The Labute approximate surface area is 482 Å². The summed E-state index contributed by atoms with van der Waals surface area (Å²) in [6.45, 7) is 6.48. The third-order valence-electron chi connectivity index (χ3n) is 13.7. The highest BCUT2D eigenvalue weighted by molar-refractivity contribution is 5.71. The van der Waals surface area contributed by atoms with E-state index in [1.165, 1.54) is 128 Å². The number of carbonyl (C=O) groups is 3. The summed E-state index contributed by atoms with van der Waals surface area (Å²) in [5.41, 5.74) is 0. The van der Waals surface area contributed by atoms with Gasteiger partial charge in [0, 0.05) is 19.3 Å². The molecule has 0 aromatic heterocycles. The van der Waals surface area contributed by atoms with Gasteiger partial charge in [-0.1, -0.05) is 264 Å². The van der Waals surface area contributed by atoms with Crippen LogP contribution in [0.2, 0.25) is 0 Å². The van der Waals surface area contributed by atoms with E-state index in [2.05, 4.69) is 142 Å².